The van der Waals surface area contributed by atoms with E-state index in [4.69, 9.17) is 5.73 Å². The average molecular weight is 209 g/mol. The van der Waals surface area contributed by atoms with Crippen LogP contribution < -0.4 is 5.73 Å². The third-order valence-corrected chi connectivity index (χ3v) is 3.25. The van der Waals surface area contributed by atoms with E-state index < -0.39 is 0 Å². The molecule has 2 atom stereocenters. The lowest BCUT2D eigenvalue weighted by molar-refractivity contribution is -0.118. The number of rotatable bonds is 4. The van der Waals surface area contributed by atoms with Crippen molar-refractivity contribution in [2.75, 3.05) is 0 Å². The van der Waals surface area contributed by atoms with Crippen LogP contribution in [0.15, 0.2) is 35.2 Å². The maximum atomic E-state index is 11.0. The molecule has 0 saturated carbocycles. The van der Waals surface area contributed by atoms with Crippen molar-refractivity contribution in [3.05, 3.63) is 30.3 Å². The topological polar surface area (TPSA) is 43.1 Å². The average Bonchev–Trinajstić information content (AvgIpc) is 2.18. The maximum absolute atomic E-state index is 11.0. The Morgan fingerprint density at radius 2 is 1.93 bits per heavy atom. The number of hydrogen-bond acceptors (Lipinski definition) is 3. The molecule has 2 N–H and O–H groups in total. The fourth-order valence-electron chi connectivity index (χ4n) is 1.12. The molecule has 1 rings (SSSR count). The number of ketones is 1. The van der Waals surface area contributed by atoms with Gasteiger partial charge < -0.3 is 5.73 Å². The molecule has 0 radical (unpaired) electrons. The molecule has 0 bridgehead atoms. The smallest absolute Gasteiger partial charge is 0.147 e. The SMILES string of the molecule is CC(=O)[C@@H](N)[C@H](C)Sc1ccccc1. The Balaban J connectivity index is 2.57. The van der Waals surface area contributed by atoms with E-state index in [1.807, 2.05) is 37.3 Å². The molecule has 0 amide bonds. The summed E-state index contributed by atoms with van der Waals surface area (Å²) < 4.78 is 0. The van der Waals surface area contributed by atoms with E-state index in [2.05, 4.69) is 0 Å². The first-order valence-electron chi connectivity index (χ1n) is 4.59. The summed E-state index contributed by atoms with van der Waals surface area (Å²) in [5, 5.41) is 0.120. The van der Waals surface area contributed by atoms with Gasteiger partial charge in [0.1, 0.15) is 5.78 Å². The largest absolute Gasteiger partial charge is 0.321 e. The highest BCUT2D eigenvalue weighted by molar-refractivity contribution is 8.00. The summed E-state index contributed by atoms with van der Waals surface area (Å²) in [5.74, 6) is 0.0425. The fraction of sp³-hybridized carbons (Fsp3) is 0.364. The number of Topliss-reactive ketones (excluding diaryl/α,β-unsaturated/α-hetero) is 1. The Morgan fingerprint density at radius 1 is 1.36 bits per heavy atom. The number of thioether (sulfide) groups is 1. The molecule has 0 aromatic heterocycles. The molecule has 14 heavy (non-hydrogen) atoms. The van der Waals surface area contributed by atoms with Gasteiger partial charge in [0.15, 0.2) is 0 Å². The molecular formula is C11H15NOS. The molecular weight excluding hydrogens is 194 g/mol. The highest BCUT2D eigenvalue weighted by Gasteiger charge is 2.17. The Labute approximate surface area is 88.9 Å². The molecule has 1 aromatic rings. The zero-order valence-electron chi connectivity index (χ0n) is 8.44. The second-order valence-electron chi connectivity index (χ2n) is 3.27. The van der Waals surface area contributed by atoms with E-state index in [0.29, 0.717) is 0 Å². The van der Waals surface area contributed by atoms with Crippen LogP contribution in [0, 0.1) is 0 Å². The highest BCUT2D eigenvalue weighted by atomic mass is 32.2. The van der Waals surface area contributed by atoms with Crippen molar-refractivity contribution in [1.82, 2.24) is 0 Å². The van der Waals surface area contributed by atoms with Gasteiger partial charge in [-0.3, -0.25) is 4.79 Å². The Bertz CT molecular complexity index is 299. The van der Waals surface area contributed by atoms with Crippen LogP contribution in [0.3, 0.4) is 0 Å². The number of benzene rings is 1. The second-order valence-corrected chi connectivity index (χ2v) is 4.72. The minimum Gasteiger partial charge on any atom is -0.321 e. The lowest BCUT2D eigenvalue weighted by Gasteiger charge is -2.16. The Hall–Kier alpha value is -0.800. The quantitative estimate of drug-likeness (QED) is 0.772. The summed E-state index contributed by atoms with van der Waals surface area (Å²) in [4.78, 5) is 12.2. The normalized spacial score (nSPS) is 14.8. The summed E-state index contributed by atoms with van der Waals surface area (Å²) in [6.07, 6.45) is 0. The molecule has 0 spiro atoms. The molecule has 0 aliphatic rings. The first kappa shape index (κ1) is 11.3. The standard InChI is InChI=1S/C11H15NOS/c1-8(13)11(12)9(2)14-10-6-4-3-5-7-10/h3-7,9,11H,12H2,1-2H3/t9-,11+/m0/s1. The first-order chi connectivity index (χ1) is 6.61. The summed E-state index contributed by atoms with van der Waals surface area (Å²) in [6.45, 7) is 3.51. The van der Waals surface area contributed by atoms with Crippen molar-refractivity contribution in [1.29, 1.82) is 0 Å². The lowest BCUT2D eigenvalue weighted by atomic mass is 10.2. The number of nitrogens with two attached hydrogens (primary N) is 1. The predicted octanol–water partition coefficient (Wildman–Crippen LogP) is 2.08. The zero-order valence-corrected chi connectivity index (χ0v) is 9.25. The Morgan fingerprint density at radius 3 is 2.43 bits per heavy atom. The van der Waals surface area contributed by atoms with E-state index in [0.717, 1.165) is 4.90 Å². The van der Waals surface area contributed by atoms with Gasteiger partial charge in [-0.05, 0) is 19.1 Å². The van der Waals surface area contributed by atoms with Crippen LogP contribution in [-0.4, -0.2) is 17.1 Å². The van der Waals surface area contributed by atoms with E-state index in [9.17, 15) is 4.79 Å². The number of carbonyl (C=O) groups is 1. The van der Waals surface area contributed by atoms with Gasteiger partial charge in [0.25, 0.3) is 0 Å². The van der Waals surface area contributed by atoms with E-state index in [1.165, 1.54) is 6.92 Å². The summed E-state index contributed by atoms with van der Waals surface area (Å²) >= 11 is 1.63. The van der Waals surface area contributed by atoms with Crippen molar-refractivity contribution in [2.45, 2.75) is 30.0 Å². The molecule has 0 unspecified atom stereocenters. The third-order valence-electron chi connectivity index (χ3n) is 2.04. The summed E-state index contributed by atoms with van der Waals surface area (Å²) in [5.41, 5.74) is 5.74. The van der Waals surface area contributed by atoms with Gasteiger partial charge >= 0.3 is 0 Å². The zero-order chi connectivity index (χ0) is 10.6. The molecule has 1 aromatic carbocycles. The van der Waals surface area contributed by atoms with Crippen LogP contribution in [0.25, 0.3) is 0 Å². The van der Waals surface area contributed by atoms with E-state index in [-0.39, 0.29) is 17.1 Å². The molecule has 0 aliphatic heterocycles. The second kappa shape index (κ2) is 5.17. The van der Waals surface area contributed by atoms with Crippen molar-refractivity contribution < 1.29 is 4.79 Å². The molecule has 0 fully saturated rings. The van der Waals surface area contributed by atoms with Gasteiger partial charge in [-0.1, -0.05) is 25.1 Å². The third kappa shape index (κ3) is 3.16. The fourth-order valence-corrected chi connectivity index (χ4v) is 2.20. The van der Waals surface area contributed by atoms with Crippen LogP contribution in [-0.2, 0) is 4.79 Å². The Kier molecular flexibility index (Phi) is 4.17. The van der Waals surface area contributed by atoms with Crippen LogP contribution in [0.4, 0.5) is 0 Å². The summed E-state index contributed by atoms with van der Waals surface area (Å²) in [6, 6.07) is 9.60. The van der Waals surface area contributed by atoms with Crippen LogP contribution in [0.2, 0.25) is 0 Å². The molecule has 3 heteroatoms. The molecule has 0 aliphatic carbocycles. The maximum Gasteiger partial charge on any atom is 0.147 e. The van der Waals surface area contributed by atoms with Gasteiger partial charge in [-0.15, -0.1) is 11.8 Å². The first-order valence-corrected chi connectivity index (χ1v) is 5.47. The van der Waals surface area contributed by atoms with E-state index >= 15 is 0 Å². The minimum absolute atomic E-state index is 0.0425. The van der Waals surface area contributed by atoms with Gasteiger partial charge in [0.2, 0.25) is 0 Å². The lowest BCUT2D eigenvalue weighted by Crippen LogP contribution is -2.36. The van der Waals surface area contributed by atoms with Crippen molar-refractivity contribution >= 4 is 17.5 Å². The predicted molar refractivity (Wildman–Crippen MR) is 60.4 cm³/mol. The molecule has 2 nitrogen and oxygen atoms in total. The molecule has 0 saturated heterocycles. The van der Waals surface area contributed by atoms with Crippen LogP contribution in [0.1, 0.15) is 13.8 Å². The monoisotopic (exact) mass is 209 g/mol. The highest BCUT2D eigenvalue weighted by Crippen LogP contribution is 2.24. The molecule has 0 heterocycles. The van der Waals surface area contributed by atoms with Gasteiger partial charge in [-0.25, -0.2) is 0 Å². The number of carbonyl (C=O) groups excluding carboxylic acids is 1. The summed E-state index contributed by atoms with van der Waals surface area (Å²) in [7, 11) is 0. The van der Waals surface area contributed by atoms with Crippen LogP contribution >= 0.6 is 11.8 Å². The number of hydrogen-bond donors (Lipinski definition) is 1. The van der Waals surface area contributed by atoms with Gasteiger partial charge in [0, 0.05) is 10.1 Å². The minimum atomic E-state index is -0.375. The van der Waals surface area contributed by atoms with Gasteiger partial charge in [-0.2, -0.15) is 0 Å². The van der Waals surface area contributed by atoms with Crippen molar-refractivity contribution in [3.8, 4) is 0 Å². The van der Waals surface area contributed by atoms with E-state index in [1.54, 1.807) is 11.8 Å². The van der Waals surface area contributed by atoms with Crippen molar-refractivity contribution in [2.24, 2.45) is 5.73 Å². The molecule has 76 valence electrons. The van der Waals surface area contributed by atoms with Crippen molar-refractivity contribution in [3.63, 3.8) is 0 Å². The van der Waals surface area contributed by atoms with Gasteiger partial charge in [0.05, 0.1) is 6.04 Å². The van der Waals surface area contributed by atoms with Crippen LogP contribution in [0.5, 0.6) is 0 Å².